The molecule has 5 rings (SSSR count). The van der Waals surface area contributed by atoms with Crippen LogP contribution in [-0.4, -0.2) is 39.5 Å². The average Bonchev–Trinajstić information content (AvgIpc) is 3.38. The summed E-state index contributed by atoms with van der Waals surface area (Å²) in [4.78, 5) is 28.7. The second-order valence-electron chi connectivity index (χ2n) is 10.0. The molecule has 1 aliphatic carbocycles. The molecule has 1 saturated heterocycles. The van der Waals surface area contributed by atoms with Gasteiger partial charge >= 0.3 is 0 Å². The molecule has 2 aromatic rings. The smallest absolute Gasteiger partial charge is 0.253 e. The maximum absolute atomic E-state index is 13.6. The van der Waals surface area contributed by atoms with Crippen molar-refractivity contribution in [3.63, 3.8) is 0 Å². The number of azo groups is 1. The van der Waals surface area contributed by atoms with Gasteiger partial charge in [-0.25, -0.2) is 0 Å². The summed E-state index contributed by atoms with van der Waals surface area (Å²) in [5, 5.41) is 12.7. The summed E-state index contributed by atoms with van der Waals surface area (Å²) in [6.45, 7) is 10.2. The first-order valence-electron chi connectivity index (χ1n) is 11.1. The van der Waals surface area contributed by atoms with Crippen molar-refractivity contribution in [1.82, 2.24) is 14.7 Å². The summed E-state index contributed by atoms with van der Waals surface area (Å²) in [7, 11) is 0. The molecule has 0 unspecified atom stereocenters. The van der Waals surface area contributed by atoms with Gasteiger partial charge in [0, 0.05) is 41.2 Å². The van der Waals surface area contributed by atoms with E-state index < -0.39 is 5.41 Å². The number of aromatic nitrogens is 2. The minimum atomic E-state index is -0.490. The van der Waals surface area contributed by atoms with Crippen LogP contribution in [0.2, 0.25) is 0 Å². The minimum absolute atomic E-state index is 0.0352. The lowest BCUT2D eigenvalue weighted by Crippen LogP contribution is -2.55. The van der Waals surface area contributed by atoms with E-state index in [4.69, 9.17) is 0 Å². The molecule has 1 aromatic heterocycles. The van der Waals surface area contributed by atoms with Gasteiger partial charge in [0.05, 0.1) is 18.4 Å². The van der Waals surface area contributed by atoms with Gasteiger partial charge < -0.3 is 4.90 Å². The van der Waals surface area contributed by atoms with Gasteiger partial charge in [-0.1, -0.05) is 19.9 Å². The standard InChI is InChI=1S/C24H29N5O2/c1-15(2)29-20-18(14-26-29)12-24(23(3,4)21(20)30)7-9-28(10-8-24)22(31)16-5-6-17-13-25-27-19(17)11-16/h5-6,11,14-15H,7-10,12-13H2,1-4H3. The van der Waals surface area contributed by atoms with Crippen molar-refractivity contribution < 1.29 is 9.59 Å². The second-order valence-corrected chi connectivity index (χ2v) is 10.0. The van der Waals surface area contributed by atoms with Gasteiger partial charge in [0.1, 0.15) is 5.69 Å². The molecule has 7 nitrogen and oxygen atoms in total. The number of ketones is 1. The first-order chi connectivity index (χ1) is 14.7. The molecule has 0 radical (unpaired) electrons. The highest BCUT2D eigenvalue weighted by Crippen LogP contribution is 2.54. The third-order valence-corrected chi connectivity index (χ3v) is 7.76. The van der Waals surface area contributed by atoms with E-state index >= 15 is 0 Å². The molecule has 7 heteroatoms. The molecule has 0 bridgehead atoms. The number of piperidine rings is 1. The SMILES string of the molecule is CC(C)n1ncc2c1C(=O)C(C)(C)C1(CCN(C(=O)c3ccc4c(c3)N=NC4)CC1)C2. The molecular formula is C24H29N5O2. The van der Waals surface area contributed by atoms with E-state index in [9.17, 15) is 9.59 Å². The Balaban J connectivity index is 1.38. The first kappa shape index (κ1) is 20.1. The minimum Gasteiger partial charge on any atom is -0.339 e. The van der Waals surface area contributed by atoms with E-state index in [1.54, 1.807) is 0 Å². The molecule has 0 N–H and O–H groups in total. The third kappa shape index (κ3) is 2.89. The molecule has 0 saturated carbocycles. The predicted molar refractivity (Wildman–Crippen MR) is 117 cm³/mol. The van der Waals surface area contributed by atoms with Crippen LogP contribution in [0.4, 0.5) is 5.69 Å². The van der Waals surface area contributed by atoms with Gasteiger partial charge in [-0.3, -0.25) is 14.3 Å². The maximum atomic E-state index is 13.6. The molecule has 3 aliphatic rings. The Hall–Kier alpha value is -2.83. The zero-order valence-electron chi connectivity index (χ0n) is 18.7. The molecule has 1 aromatic carbocycles. The summed E-state index contributed by atoms with van der Waals surface area (Å²) in [5.74, 6) is 0.219. The number of hydrogen-bond acceptors (Lipinski definition) is 5. The number of hydrogen-bond donors (Lipinski definition) is 0. The highest BCUT2D eigenvalue weighted by molar-refractivity contribution is 6.02. The molecule has 162 valence electrons. The third-order valence-electron chi connectivity index (χ3n) is 7.76. The summed E-state index contributed by atoms with van der Waals surface area (Å²) in [6.07, 6.45) is 4.35. The Labute approximate surface area is 182 Å². The number of likely N-dealkylation sites (tertiary alicyclic amines) is 1. The van der Waals surface area contributed by atoms with Crippen molar-refractivity contribution in [2.75, 3.05) is 13.1 Å². The molecule has 31 heavy (non-hydrogen) atoms. The quantitative estimate of drug-likeness (QED) is 0.704. The fraction of sp³-hybridized carbons (Fsp3) is 0.542. The number of amides is 1. The maximum Gasteiger partial charge on any atom is 0.253 e. The molecule has 1 fully saturated rings. The van der Waals surface area contributed by atoms with Crippen molar-refractivity contribution in [1.29, 1.82) is 0 Å². The number of carbonyl (C=O) groups excluding carboxylic acids is 2. The van der Waals surface area contributed by atoms with Crippen LogP contribution in [0.25, 0.3) is 0 Å². The lowest BCUT2D eigenvalue weighted by molar-refractivity contribution is -0.000863. The Morgan fingerprint density at radius 3 is 2.58 bits per heavy atom. The Bertz CT molecular complexity index is 1100. The Morgan fingerprint density at radius 2 is 1.87 bits per heavy atom. The Kier molecular flexibility index (Phi) is 4.43. The number of fused-ring (bicyclic) bond motifs is 2. The van der Waals surface area contributed by atoms with Crippen LogP contribution in [0.3, 0.4) is 0 Å². The van der Waals surface area contributed by atoms with Crippen LogP contribution < -0.4 is 0 Å². The van der Waals surface area contributed by atoms with E-state index in [1.165, 1.54) is 0 Å². The van der Waals surface area contributed by atoms with Gasteiger partial charge in [0.15, 0.2) is 5.78 Å². The molecule has 1 spiro atoms. The van der Waals surface area contributed by atoms with Gasteiger partial charge in [-0.05, 0) is 50.7 Å². The molecule has 1 amide bonds. The zero-order valence-corrected chi connectivity index (χ0v) is 18.7. The number of rotatable bonds is 2. The number of Topliss-reactive ketones (excluding diaryl/α,β-unsaturated/α-hetero) is 1. The van der Waals surface area contributed by atoms with E-state index in [0.29, 0.717) is 25.2 Å². The van der Waals surface area contributed by atoms with Crippen LogP contribution in [0.5, 0.6) is 0 Å². The van der Waals surface area contributed by atoms with Crippen LogP contribution in [-0.2, 0) is 13.0 Å². The van der Waals surface area contributed by atoms with E-state index in [0.717, 1.165) is 41.8 Å². The van der Waals surface area contributed by atoms with Gasteiger partial charge in [0.25, 0.3) is 5.91 Å². The van der Waals surface area contributed by atoms with E-state index in [2.05, 4.69) is 43.0 Å². The number of benzene rings is 1. The van der Waals surface area contributed by atoms with Crippen molar-refractivity contribution in [2.45, 2.75) is 59.5 Å². The van der Waals surface area contributed by atoms with Crippen LogP contribution >= 0.6 is 0 Å². The Morgan fingerprint density at radius 1 is 1.13 bits per heavy atom. The van der Waals surface area contributed by atoms with E-state index in [1.807, 2.05) is 34.0 Å². The number of nitrogens with zero attached hydrogens (tertiary/aromatic N) is 5. The van der Waals surface area contributed by atoms with Gasteiger partial charge in [-0.2, -0.15) is 15.3 Å². The fourth-order valence-corrected chi connectivity index (χ4v) is 5.52. The van der Waals surface area contributed by atoms with E-state index in [-0.39, 0.29) is 23.1 Å². The van der Waals surface area contributed by atoms with Crippen molar-refractivity contribution in [3.8, 4) is 0 Å². The van der Waals surface area contributed by atoms with Crippen LogP contribution in [0.1, 0.15) is 78.6 Å². The number of carbonyl (C=O) groups is 2. The highest BCUT2D eigenvalue weighted by atomic mass is 16.2. The zero-order chi connectivity index (χ0) is 22.0. The molecule has 2 aliphatic heterocycles. The van der Waals surface area contributed by atoms with Crippen molar-refractivity contribution >= 4 is 17.4 Å². The fourth-order valence-electron chi connectivity index (χ4n) is 5.52. The molecule has 0 atom stereocenters. The molecule has 3 heterocycles. The predicted octanol–water partition coefficient (Wildman–Crippen LogP) is 4.75. The normalized spacial score (nSPS) is 20.9. The van der Waals surface area contributed by atoms with Crippen LogP contribution in [0, 0.1) is 10.8 Å². The van der Waals surface area contributed by atoms with Crippen molar-refractivity contribution in [3.05, 3.63) is 46.8 Å². The summed E-state index contributed by atoms with van der Waals surface area (Å²) >= 11 is 0. The lowest BCUT2D eigenvalue weighted by Gasteiger charge is -2.53. The molecular weight excluding hydrogens is 390 g/mol. The largest absolute Gasteiger partial charge is 0.339 e. The van der Waals surface area contributed by atoms with Crippen molar-refractivity contribution in [2.24, 2.45) is 21.1 Å². The second kappa shape index (κ2) is 6.84. The summed E-state index contributed by atoms with van der Waals surface area (Å²) < 4.78 is 1.87. The summed E-state index contributed by atoms with van der Waals surface area (Å²) in [6, 6.07) is 5.83. The monoisotopic (exact) mass is 419 g/mol. The highest BCUT2D eigenvalue weighted by Gasteiger charge is 2.55. The topological polar surface area (TPSA) is 79.9 Å². The first-order valence-corrected chi connectivity index (χ1v) is 11.1. The van der Waals surface area contributed by atoms with Gasteiger partial charge in [-0.15, -0.1) is 0 Å². The lowest BCUT2D eigenvalue weighted by atomic mass is 9.53. The summed E-state index contributed by atoms with van der Waals surface area (Å²) in [5.41, 5.74) is 3.72. The average molecular weight is 420 g/mol. The van der Waals surface area contributed by atoms with Gasteiger partial charge in [0.2, 0.25) is 0 Å². The van der Waals surface area contributed by atoms with Crippen LogP contribution in [0.15, 0.2) is 34.6 Å².